The molecule has 3 aromatic rings. The van der Waals surface area contributed by atoms with Gasteiger partial charge in [0.25, 0.3) is 0 Å². The predicted octanol–water partition coefficient (Wildman–Crippen LogP) is 5.43. The maximum absolute atomic E-state index is 14.7. The fourth-order valence-corrected chi connectivity index (χ4v) is 3.87. The van der Waals surface area contributed by atoms with Crippen LogP contribution < -0.4 is 0 Å². The number of thiophene rings is 1. The molecular formula is C22H22FNO5S. The molecule has 3 rings (SSSR count). The Kier molecular flexibility index (Phi) is 6.07. The zero-order valence-corrected chi connectivity index (χ0v) is 18.0. The molecule has 2 aromatic heterocycles. The zero-order valence-electron chi connectivity index (χ0n) is 17.2. The first-order valence-electron chi connectivity index (χ1n) is 9.32. The first-order valence-corrected chi connectivity index (χ1v) is 10.2. The minimum absolute atomic E-state index is 0.00482. The topological polar surface area (TPSA) is 74.6 Å². The van der Waals surface area contributed by atoms with Gasteiger partial charge in [0.05, 0.1) is 23.9 Å². The highest BCUT2D eigenvalue weighted by Crippen LogP contribution is 2.35. The van der Waals surface area contributed by atoms with Gasteiger partial charge in [-0.25, -0.2) is 9.18 Å². The molecule has 0 radical (unpaired) electrons. The second-order valence-electron chi connectivity index (χ2n) is 7.73. The molecule has 0 bridgehead atoms. The lowest BCUT2D eigenvalue weighted by Crippen LogP contribution is -2.26. The van der Waals surface area contributed by atoms with Crippen molar-refractivity contribution in [2.75, 3.05) is 7.11 Å². The number of hydrogen-bond donors (Lipinski definition) is 0. The lowest BCUT2D eigenvalue weighted by Gasteiger charge is -2.19. The van der Waals surface area contributed by atoms with E-state index in [1.807, 2.05) is 0 Å². The van der Waals surface area contributed by atoms with E-state index < -0.39 is 23.5 Å². The van der Waals surface area contributed by atoms with E-state index in [2.05, 4.69) is 4.74 Å². The summed E-state index contributed by atoms with van der Waals surface area (Å²) in [6.45, 7) is 5.26. The number of carbonyl (C=O) groups is 3. The molecule has 30 heavy (non-hydrogen) atoms. The largest absolute Gasteiger partial charge is 0.469 e. The second kappa shape index (κ2) is 8.39. The highest BCUT2D eigenvalue weighted by atomic mass is 32.1. The molecule has 0 fully saturated rings. The van der Waals surface area contributed by atoms with Crippen LogP contribution >= 0.6 is 11.3 Å². The van der Waals surface area contributed by atoms with E-state index in [1.165, 1.54) is 41.3 Å². The first kappa shape index (κ1) is 21.7. The third-order valence-electron chi connectivity index (χ3n) is 4.34. The van der Waals surface area contributed by atoms with Crippen LogP contribution in [0.25, 0.3) is 22.0 Å². The fourth-order valence-electron chi connectivity index (χ4n) is 2.99. The summed E-state index contributed by atoms with van der Waals surface area (Å²) in [7, 11) is 1.27. The van der Waals surface area contributed by atoms with Crippen LogP contribution in [0.15, 0.2) is 35.8 Å². The van der Waals surface area contributed by atoms with E-state index in [4.69, 9.17) is 4.74 Å². The van der Waals surface area contributed by atoms with Crippen molar-refractivity contribution in [3.05, 3.63) is 46.5 Å². The molecule has 0 atom stereocenters. The van der Waals surface area contributed by atoms with Gasteiger partial charge in [-0.1, -0.05) is 6.07 Å². The molecule has 158 valence electrons. The summed E-state index contributed by atoms with van der Waals surface area (Å²) in [4.78, 5) is 36.7. The van der Waals surface area contributed by atoms with Gasteiger partial charge in [-0.05, 0) is 49.9 Å². The molecule has 6 nitrogen and oxygen atoms in total. The number of hydrogen-bond acceptors (Lipinski definition) is 6. The molecule has 1 aromatic carbocycles. The van der Waals surface area contributed by atoms with Crippen molar-refractivity contribution in [2.45, 2.75) is 39.2 Å². The van der Waals surface area contributed by atoms with Crippen LogP contribution in [0.4, 0.5) is 9.18 Å². The van der Waals surface area contributed by atoms with Gasteiger partial charge in [-0.15, -0.1) is 11.3 Å². The fraction of sp³-hybridized carbons (Fsp3) is 0.318. The van der Waals surface area contributed by atoms with E-state index in [1.54, 1.807) is 38.3 Å². The van der Waals surface area contributed by atoms with Gasteiger partial charge in [0.2, 0.25) is 0 Å². The van der Waals surface area contributed by atoms with Crippen molar-refractivity contribution in [1.29, 1.82) is 0 Å². The number of benzene rings is 1. The minimum Gasteiger partial charge on any atom is -0.469 e. The standard InChI is InChI=1S/C22H22FNO5S/c1-22(2,3)29-21(27)24-11-14(20-15(23)6-5-7-16(20)24)13-10-18(30-12-13)17(25)8-9-19(26)28-4/h5-7,10-12H,8-9H2,1-4H3. The Morgan fingerprint density at radius 1 is 1.17 bits per heavy atom. The number of rotatable bonds is 5. The van der Waals surface area contributed by atoms with Gasteiger partial charge in [0.1, 0.15) is 11.4 Å². The van der Waals surface area contributed by atoms with E-state index in [0.717, 1.165) is 0 Å². The lowest BCUT2D eigenvalue weighted by molar-refractivity contribution is -0.140. The summed E-state index contributed by atoms with van der Waals surface area (Å²) >= 11 is 1.20. The van der Waals surface area contributed by atoms with Gasteiger partial charge in [0.15, 0.2) is 5.78 Å². The number of nitrogens with zero attached hydrogens (tertiary/aromatic N) is 1. The van der Waals surface area contributed by atoms with Crippen molar-refractivity contribution in [3.8, 4) is 11.1 Å². The third kappa shape index (κ3) is 4.59. The Hall–Kier alpha value is -3.00. The van der Waals surface area contributed by atoms with Crippen molar-refractivity contribution in [2.24, 2.45) is 0 Å². The molecule has 8 heteroatoms. The maximum Gasteiger partial charge on any atom is 0.419 e. The lowest BCUT2D eigenvalue weighted by atomic mass is 10.1. The number of ketones is 1. The van der Waals surface area contributed by atoms with Crippen LogP contribution in [0.2, 0.25) is 0 Å². The van der Waals surface area contributed by atoms with Crippen molar-refractivity contribution < 1.29 is 28.2 Å². The Bertz CT molecular complexity index is 1120. The predicted molar refractivity (Wildman–Crippen MR) is 112 cm³/mol. The van der Waals surface area contributed by atoms with Crippen molar-refractivity contribution >= 4 is 40.1 Å². The summed E-state index contributed by atoms with van der Waals surface area (Å²) in [5.41, 5.74) is 0.767. The second-order valence-corrected chi connectivity index (χ2v) is 8.64. The highest BCUT2D eigenvalue weighted by molar-refractivity contribution is 7.12. The summed E-state index contributed by atoms with van der Waals surface area (Å²) in [6, 6.07) is 6.13. The summed E-state index contributed by atoms with van der Waals surface area (Å²) < 4.78 is 25.9. The molecule has 0 saturated heterocycles. The van der Waals surface area contributed by atoms with Crippen LogP contribution in [-0.2, 0) is 14.3 Å². The number of halogens is 1. The smallest absolute Gasteiger partial charge is 0.419 e. The van der Waals surface area contributed by atoms with E-state index in [-0.39, 0.29) is 24.0 Å². The van der Waals surface area contributed by atoms with E-state index >= 15 is 0 Å². The monoisotopic (exact) mass is 431 g/mol. The zero-order chi connectivity index (χ0) is 22.1. The number of methoxy groups -OCH3 is 1. The molecule has 0 aliphatic rings. The molecule has 0 spiro atoms. The van der Waals surface area contributed by atoms with Crippen LogP contribution in [0.1, 0.15) is 43.3 Å². The number of aromatic nitrogens is 1. The number of fused-ring (bicyclic) bond motifs is 1. The quantitative estimate of drug-likeness (QED) is 0.398. The van der Waals surface area contributed by atoms with Crippen molar-refractivity contribution in [1.82, 2.24) is 4.57 Å². The maximum atomic E-state index is 14.7. The van der Waals surface area contributed by atoms with Gasteiger partial charge in [-0.2, -0.15) is 0 Å². The van der Waals surface area contributed by atoms with Gasteiger partial charge < -0.3 is 9.47 Å². The Balaban J connectivity index is 1.99. The third-order valence-corrected chi connectivity index (χ3v) is 5.31. The number of esters is 1. The summed E-state index contributed by atoms with van der Waals surface area (Å²) in [5.74, 6) is -1.13. The highest BCUT2D eigenvalue weighted by Gasteiger charge is 2.23. The number of ether oxygens (including phenoxy) is 2. The van der Waals surface area contributed by atoms with E-state index in [0.29, 0.717) is 21.5 Å². The Morgan fingerprint density at radius 2 is 1.90 bits per heavy atom. The van der Waals surface area contributed by atoms with E-state index in [9.17, 15) is 18.8 Å². The van der Waals surface area contributed by atoms with Crippen LogP contribution in [0, 0.1) is 5.82 Å². The number of carbonyl (C=O) groups excluding carboxylic acids is 3. The van der Waals surface area contributed by atoms with Crippen LogP contribution in [0.5, 0.6) is 0 Å². The molecule has 0 N–H and O–H groups in total. The van der Waals surface area contributed by atoms with Crippen LogP contribution in [0.3, 0.4) is 0 Å². The normalized spacial score (nSPS) is 11.5. The molecule has 0 unspecified atom stereocenters. The van der Waals surface area contributed by atoms with Gasteiger partial charge in [0, 0.05) is 23.6 Å². The first-order chi connectivity index (χ1) is 14.1. The van der Waals surface area contributed by atoms with Gasteiger partial charge >= 0.3 is 12.1 Å². The summed E-state index contributed by atoms with van der Waals surface area (Å²) in [5, 5.41) is 2.00. The van der Waals surface area contributed by atoms with Crippen molar-refractivity contribution in [3.63, 3.8) is 0 Å². The van der Waals surface area contributed by atoms with Gasteiger partial charge in [-0.3, -0.25) is 14.2 Å². The molecular weight excluding hydrogens is 409 g/mol. The molecule has 0 aliphatic heterocycles. The molecule has 0 saturated carbocycles. The molecule has 0 aliphatic carbocycles. The van der Waals surface area contributed by atoms with Crippen LogP contribution in [-0.4, -0.2) is 35.1 Å². The average molecular weight is 431 g/mol. The average Bonchev–Trinajstić information content (AvgIpc) is 3.30. The Morgan fingerprint density at radius 3 is 2.57 bits per heavy atom. The summed E-state index contributed by atoms with van der Waals surface area (Å²) in [6.07, 6.45) is 0.927. The molecule has 0 amide bonds. The molecule has 2 heterocycles. The SMILES string of the molecule is COC(=O)CCC(=O)c1cc(-c2cn(C(=O)OC(C)(C)C)c3cccc(F)c23)cs1. The Labute approximate surface area is 177 Å². The number of Topliss-reactive ketones (excluding diaryl/α,β-unsaturated/α-hetero) is 1. The minimum atomic E-state index is -0.706.